The van der Waals surface area contributed by atoms with E-state index < -0.39 is 0 Å². The van der Waals surface area contributed by atoms with Gasteiger partial charge < -0.3 is 0 Å². The maximum atomic E-state index is 4.15. The van der Waals surface area contributed by atoms with Crippen molar-refractivity contribution in [1.82, 2.24) is 10.2 Å². The van der Waals surface area contributed by atoms with Crippen LogP contribution in [0.4, 0.5) is 5.82 Å². The number of nitrogens with zero attached hydrogens (tertiary/aromatic N) is 2. The van der Waals surface area contributed by atoms with Gasteiger partial charge in [-0.05, 0) is 6.92 Å². The van der Waals surface area contributed by atoms with Crippen LogP contribution in [0.15, 0.2) is 23.6 Å². The fourth-order valence-corrected chi connectivity index (χ4v) is 1.05. The SMILES string of the molecule is Cc1cn[nH]c1[NH+]1C=CC=N1. The van der Waals surface area contributed by atoms with Crippen molar-refractivity contribution in [1.29, 1.82) is 0 Å². The molecule has 0 aromatic carbocycles. The lowest BCUT2D eigenvalue weighted by Crippen LogP contribution is -2.96. The van der Waals surface area contributed by atoms with Gasteiger partial charge in [0.1, 0.15) is 6.20 Å². The minimum Gasteiger partial charge on any atom is -0.229 e. The first kappa shape index (κ1) is 6.30. The number of quaternary nitrogens is 1. The highest BCUT2D eigenvalue weighted by Gasteiger charge is 2.14. The van der Waals surface area contributed by atoms with Crippen LogP contribution in [-0.2, 0) is 0 Å². The molecular formula is C7H9N4+. The first-order valence-electron chi connectivity index (χ1n) is 3.46. The lowest BCUT2D eigenvalue weighted by molar-refractivity contribution is -0.782. The van der Waals surface area contributed by atoms with Gasteiger partial charge in [0.2, 0.25) is 0 Å². The van der Waals surface area contributed by atoms with E-state index in [1.165, 1.54) is 0 Å². The third-order valence-corrected chi connectivity index (χ3v) is 1.64. The van der Waals surface area contributed by atoms with Crippen LogP contribution in [0.25, 0.3) is 0 Å². The highest BCUT2D eigenvalue weighted by molar-refractivity contribution is 5.71. The Kier molecular flexibility index (Phi) is 1.33. The number of H-pyrrole nitrogens is 1. The van der Waals surface area contributed by atoms with E-state index >= 15 is 0 Å². The predicted octanol–water partition coefficient (Wildman–Crippen LogP) is -0.252. The summed E-state index contributed by atoms with van der Waals surface area (Å²) in [6.07, 6.45) is 7.44. The largest absolute Gasteiger partial charge is 0.256 e. The van der Waals surface area contributed by atoms with Gasteiger partial charge in [-0.3, -0.25) is 0 Å². The van der Waals surface area contributed by atoms with Crippen LogP contribution in [0.1, 0.15) is 5.56 Å². The number of rotatable bonds is 1. The van der Waals surface area contributed by atoms with E-state index in [1.807, 2.05) is 19.2 Å². The number of nitrogens with one attached hydrogen (secondary N) is 2. The van der Waals surface area contributed by atoms with Crippen molar-refractivity contribution in [3.8, 4) is 0 Å². The molecule has 11 heavy (non-hydrogen) atoms. The molecule has 4 nitrogen and oxygen atoms in total. The lowest BCUT2D eigenvalue weighted by atomic mass is 10.4. The number of hydrogen-bond acceptors (Lipinski definition) is 2. The highest BCUT2D eigenvalue weighted by atomic mass is 15.5. The predicted molar refractivity (Wildman–Crippen MR) is 41.6 cm³/mol. The second-order valence-corrected chi connectivity index (χ2v) is 2.45. The minimum absolute atomic E-state index is 0.958. The van der Waals surface area contributed by atoms with E-state index in [2.05, 4.69) is 15.3 Å². The maximum Gasteiger partial charge on any atom is 0.256 e. The van der Waals surface area contributed by atoms with E-state index in [-0.39, 0.29) is 0 Å². The van der Waals surface area contributed by atoms with Gasteiger partial charge >= 0.3 is 0 Å². The van der Waals surface area contributed by atoms with E-state index in [1.54, 1.807) is 12.4 Å². The fourth-order valence-electron chi connectivity index (χ4n) is 1.05. The molecule has 2 heterocycles. The zero-order valence-corrected chi connectivity index (χ0v) is 6.20. The van der Waals surface area contributed by atoms with Crippen molar-refractivity contribution in [2.75, 3.05) is 0 Å². The molecule has 0 bridgehead atoms. The van der Waals surface area contributed by atoms with Crippen LogP contribution in [0, 0.1) is 6.92 Å². The Morgan fingerprint density at radius 3 is 3.00 bits per heavy atom. The maximum absolute atomic E-state index is 4.15. The second kappa shape index (κ2) is 2.32. The highest BCUT2D eigenvalue weighted by Crippen LogP contribution is 2.02. The second-order valence-electron chi connectivity index (χ2n) is 2.45. The normalized spacial score (nSPS) is 21.4. The monoisotopic (exact) mass is 149 g/mol. The molecule has 1 aliphatic heterocycles. The van der Waals surface area contributed by atoms with Crippen LogP contribution >= 0.6 is 0 Å². The average Bonchev–Trinajstić information content (AvgIpc) is 2.55. The molecule has 1 aromatic heterocycles. The van der Waals surface area contributed by atoms with Gasteiger partial charge in [0.15, 0.2) is 0 Å². The first-order chi connectivity index (χ1) is 5.38. The topological polar surface area (TPSA) is 45.5 Å². The Hall–Kier alpha value is -1.42. The van der Waals surface area contributed by atoms with Crippen LogP contribution in [0.2, 0.25) is 0 Å². The van der Waals surface area contributed by atoms with Crippen molar-refractivity contribution in [2.24, 2.45) is 5.10 Å². The summed E-state index contributed by atoms with van der Waals surface area (Å²) >= 11 is 0. The summed E-state index contributed by atoms with van der Waals surface area (Å²) in [6, 6.07) is 0. The number of aryl methyl sites for hydroxylation is 1. The van der Waals surface area contributed by atoms with Gasteiger partial charge in [-0.2, -0.15) is 5.10 Å². The fraction of sp³-hybridized carbons (Fsp3) is 0.143. The molecule has 0 radical (unpaired) electrons. The summed E-state index contributed by atoms with van der Waals surface area (Å²) in [5, 5.41) is 11.9. The number of hydrogen-bond donors (Lipinski definition) is 2. The van der Waals surface area contributed by atoms with Crippen molar-refractivity contribution in [2.45, 2.75) is 6.92 Å². The third-order valence-electron chi connectivity index (χ3n) is 1.64. The van der Waals surface area contributed by atoms with Crippen LogP contribution in [0.3, 0.4) is 0 Å². The first-order valence-corrected chi connectivity index (χ1v) is 3.46. The van der Waals surface area contributed by atoms with Gasteiger partial charge in [-0.15, -0.1) is 5.01 Å². The standard InChI is InChI=1S/C7H8N4/c1-6-5-8-10-7(6)11-4-2-3-9-11/h2-5H,1H3,(H,8,10)/p+1. The molecule has 0 aliphatic carbocycles. The summed E-state index contributed by atoms with van der Waals surface area (Å²) < 4.78 is 0. The minimum atomic E-state index is 0.958. The zero-order valence-electron chi connectivity index (χ0n) is 6.20. The smallest absolute Gasteiger partial charge is 0.229 e. The van der Waals surface area contributed by atoms with E-state index in [9.17, 15) is 0 Å². The Balaban J connectivity index is 2.36. The van der Waals surface area contributed by atoms with Gasteiger partial charge in [-0.25, -0.2) is 5.10 Å². The van der Waals surface area contributed by atoms with E-state index in [0.29, 0.717) is 0 Å². The van der Waals surface area contributed by atoms with Crippen LogP contribution in [-0.4, -0.2) is 16.4 Å². The van der Waals surface area contributed by atoms with Gasteiger partial charge in [0.25, 0.3) is 5.82 Å². The molecule has 1 unspecified atom stereocenters. The summed E-state index contributed by atoms with van der Waals surface area (Å²) in [7, 11) is 0. The van der Waals surface area contributed by atoms with E-state index in [0.717, 1.165) is 16.4 Å². The van der Waals surface area contributed by atoms with Crippen molar-refractivity contribution < 1.29 is 5.01 Å². The number of allylic oxidation sites excluding steroid dienone is 1. The molecule has 1 aliphatic rings. The van der Waals surface area contributed by atoms with Gasteiger partial charge in [-0.1, -0.05) is 5.10 Å². The third kappa shape index (κ3) is 0.969. The van der Waals surface area contributed by atoms with Gasteiger partial charge in [0.05, 0.1) is 18.0 Å². The lowest BCUT2D eigenvalue weighted by Gasteiger charge is -1.99. The van der Waals surface area contributed by atoms with Crippen LogP contribution < -0.4 is 5.01 Å². The molecule has 4 heteroatoms. The van der Waals surface area contributed by atoms with Gasteiger partial charge in [0, 0.05) is 6.08 Å². The summed E-state index contributed by atoms with van der Waals surface area (Å²) in [5.41, 5.74) is 1.13. The molecule has 0 saturated carbocycles. The Labute approximate surface area is 64.2 Å². The van der Waals surface area contributed by atoms with Crippen LogP contribution in [0.5, 0.6) is 0 Å². The van der Waals surface area contributed by atoms with E-state index in [4.69, 9.17) is 0 Å². The van der Waals surface area contributed by atoms with Crippen molar-refractivity contribution >= 4 is 12.0 Å². The summed E-state index contributed by atoms with van der Waals surface area (Å²) in [6.45, 7) is 2.01. The number of aromatic nitrogens is 2. The molecular weight excluding hydrogens is 140 g/mol. The molecule has 1 atom stereocenters. The Morgan fingerprint density at radius 2 is 2.45 bits per heavy atom. The molecule has 2 rings (SSSR count). The molecule has 0 amide bonds. The molecule has 56 valence electrons. The average molecular weight is 149 g/mol. The summed E-state index contributed by atoms with van der Waals surface area (Å²) in [4.78, 5) is 0. The quantitative estimate of drug-likeness (QED) is 0.568. The summed E-state index contributed by atoms with van der Waals surface area (Å²) in [5.74, 6) is 1.01. The molecule has 1 aromatic rings. The molecule has 0 fully saturated rings. The number of aromatic amines is 1. The Morgan fingerprint density at radius 1 is 1.55 bits per heavy atom. The molecule has 0 saturated heterocycles. The zero-order chi connectivity index (χ0) is 7.68. The van der Waals surface area contributed by atoms with Crippen molar-refractivity contribution in [3.63, 3.8) is 0 Å². The molecule has 2 N–H and O–H groups in total. The van der Waals surface area contributed by atoms with Crippen molar-refractivity contribution in [3.05, 3.63) is 24.0 Å². The Bertz CT molecular complexity index is 298. The molecule has 0 spiro atoms.